The summed E-state index contributed by atoms with van der Waals surface area (Å²) in [6, 6.07) is 15.6. The first-order chi connectivity index (χ1) is 14.2. The summed E-state index contributed by atoms with van der Waals surface area (Å²) in [5, 5.41) is 2.92. The molecule has 150 valence electrons. The number of carbonyl (C=O) groups is 1. The molecule has 0 aliphatic rings. The van der Waals surface area contributed by atoms with Crippen LogP contribution in [0.5, 0.6) is 5.75 Å². The first kappa shape index (κ1) is 20.3. The molecule has 0 aliphatic heterocycles. The molecule has 6 heteroatoms. The van der Waals surface area contributed by atoms with Crippen molar-refractivity contribution in [2.24, 2.45) is 0 Å². The number of carbonyl (C=O) groups excluding carboxylic acids is 1. The lowest BCUT2D eigenvalue weighted by Crippen LogP contribution is -2.27. The van der Waals surface area contributed by atoms with Crippen LogP contribution in [-0.2, 0) is 12.8 Å². The number of pyridine rings is 2. The number of benzene rings is 1. The molecule has 6 nitrogen and oxygen atoms in total. The minimum atomic E-state index is -0.168. The van der Waals surface area contributed by atoms with E-state index in [1.165, 1.54) is 5.56 Å². The van der Waals surface area contributed by atoms with Crippen molar-refractivity contribution in [1.82, 2.24) is 15.3 Å². The van der Waals surface area contributed by atoms with E-state index in [2.05, 4.69) is 20.2 Å². The molecule has 0 saturated heterocycles. The van der Waals surface area contributed by atoms with Gasteiger partial charge in [0.05, 0.1) is 19.0 Å². The maximum absolute atomic E-state index is 12.3. The van der Waals surface area contributed by atoms with Crippen molar-refractivity contribution in [3.05, 3.63) is 83.9 Å². The van der Waals surface area contributed by atoms with E-state index in [4.69, 9.17) is 4.74 Å². The summed E-state index contributed by atoms with van der Waals surface area (Å²) >= 11 is 0. The lowest BCUT2D eigenvalue weighted by atomic mass is 10.1. The van der Waals surface area contributed by atoms with Crippen LogP contribution in [-0.4, -0.2) is 43.1 Å². The van der Waals surface area contributed by atoms with Gasteiger partial charge in [-0.3, -0.25) is 9.78 Å². The third-order valence-corrected chi connectivity index (χ3v) is 4.74. The predicted octanol–water partition coefficient (Wildman–Crippen LogP) is 3.14. The largest absolute Gasteiger partial charge is 0.497 e. The minimum Gasteiger partial charge on any atom is -0.497 e. The van der Waals surface area contributed by atoms with Gasteiger partial charge in [0, 0.05) is 32.5 Å². The molecule has 0 spiro atoms. The molecule has 29 heavy (non-hydrogen) atoms. The number of nitrogens with one attached hydrogen (secondary N) is 1. The molecule has 1 amide bonds. The second-order valence-electron chi connectivity index (χ2n) is 6.79. The van der Waals surface area contributed by atoms with Gasteiger partial charge in [0.15, 0.2) is 0 Å². The minimum absolute atomic E-state index is 0.168. The first-order valence-corrected chi connectivity index (χ1v) is 9.63. The van der Waals surface area contributed by atoms with Gasteiger partial charge in [0.25, 0.3) is 5.91 Å². The third kappa shape index (κ3) is 6.04. The number of methoxy groups -OCH3 is 1. The zero-order valence-electron chi connectivity index (χ0n) is 16.8. The van der Waals surface area contributed by atoms with Gasteiger partial charge in [-0.1, -0.05) is 12.1 Å². The van der Waals surface area contributed by atoms with Crippen molar-refractivity contribution in [2.75, 3.05) is 32.1 Å². The van der Waals surface area contributed by atoms with Gasteiger partial charge in [0.1, 0.15) is 11.4 Å². The number of nitrogens with zero attached hydrogens (tertiary/aromatic N) is 3. The molecule has 0 atom stereocenters. The van der Waals surface area contributed by atoms with E-state index in [-0.39, 0.29) is 5.91 Å². The summed E-state index contributed by atoms with van der Waals surface area (Å²) in [6.45, 7) is 1.40. The fourth-order valence-corrected chi connectivity index (χ4v) is 2.96. The summed E-state index contributed by atoms with van der Waals surface area (Å²) < 4.78 is 5.22. The lowest BCUT2D eigenvalue weighted by Gasteiger charge is -2.19. The van der Waals surface area contributed by atoms with Gasteiger partial charge in [0.2, 0.25) is 0 Å². The van der Waals surface area contributed by atoms with E-state index in [0.717, 1.165) is 36.4 Å². The van der Waals surface area contributed by atoms with E-state index in [0.29, 0.717) is 12.2 Å². The summed E-state index contributed by atoms with van der Waals surface area (Å²) in [7, 11) is 3.67. The highest BCUT2D eigenvalue weighted by Crippen LogP contribution is 2.14. The Balaban J connectivity index is 1.47. The van der Waals surface area contributed by atoms with Gasteiger partial charge in [-0.25, -0.2) is 4.98 Å². The predicted molar refractivity (Wildman–Crippen MR) is 114 cm³/mol. The highest BCUT2D eigenvalue weighted by molar-refractivity contribution is 5.92. The Morgan fingerprint density at radius 1 is 1.07 bits per heavy atom. The fraction of sp³-hybridized carbons (Fsp3) is 0.261. The van der Waals surface area contributed by atoms with Crippen LogP contribution in [0.25, 0.3) is 0 Å². The Labute approximate surface area is 171 Å². The van der Waals surface area contributed by atoms with Crippen molar-refractivity contribution in [3.8, 4) is 5.75 Å². The van der Waals surface area contributed by atoms with Crippen LogP contribution >= 0.6 is 0 Å². The van der Waals surface area contributed by atoms with E-state index < -0.39 is 0 Å². The Morgan fingerprint density at radius 2 is 1.90 bits per heavy atom. The Hall–Kier alpha value is -3.41. The maximum atomic E-state index is 12.3. The molecular formula is C23H26N4O2. The monoisotopic (exact) mass is 390 g/mol. The van der Waals surface area contributed by atoms with Crippen molar-refractivity contribution >= 4 is 11.6 Å². The molecule has 0 bridgehead atoms. The van der Waals surface area contributed by atoms with E-state index in [9.17, 15) is 4.79 Å². The quantitative estimate of drug-likeness (QED) is 0.608. The number of amides is 1. The smallest absolute Gasteiger partial charge is 0.269 e. The summed E-state index contributed by atoms with van der Waals surface area (Å²) in [5.41, 5.74) is 3.75. The number of anilines is 1. The van der Waals surface area contributed by atoms with Crippen LogP contribution in [0.4, 0.5) is 5.69 Å². The molecule has 0 unspecified atom stereocenters. The maximum Gasteiger partial charge on any atom is 0.269 e. The van der Waals surface area contributed by atoms with Gasteiger partial charge >= 0.3 is 0 Å². The third-order valence-electron chi connectivity index (χ3n) is 4.74. The van der Waals surface area contributed by atoms with Crippen LogP contribution in [0.3, 0.4) is 0 Å². The van der Waals surface area contributed by atoms with Gasteiger partial charge in [-0.05, 0) is 60.4 Å². The summed E-state index contributed by atoms with van der Waals surface area (Å²) in [4.78, 5) is 22.8. The SMILES string of the molecule is COc1cccc(CCNC(=O)c2ccc(N(C)CCc3ccncc3)cn2)c1. The van der Waals surface area contributed by atoms with E-state index in [1.54, 1.807) is 31.8 Å². The second kappa shape index (κ2) is 10.2. The highest BCUT2D eigenvalue weighted by Gasteiger charge is 2.08. The fourth-order valence-electron chi connectivity index (χ4n) is 2.96. The zero-order chi connectivity index (χ0) is 20.5. The molecule has 2 heterocycles. The number of ether oxygens (including phenoxy) is 1. The Kier molecular flexibility index (Phi) is 7.16. The van der Waals surface area contributed by atoms with Crippen LogP contribution in [0.2, 0.25) is 0 Å². The molecule has 1 aromatic carbocycles. The molecule has 0 saturated carbocycles. The van der Waals surface area contributed by atoms with Gasteiger partial charge in [-0.15, -0.1) is 0 Å². The van der Waals surface area contributed by atoms with Crippen molar-refractivity contribution in [3.63, 3.8) is 0 Å². The molecule has 0 fully saturated rings. The average molecular weight is 390 g/mol. The van der Waals surface area contributed by atoms with Crippen LogP contribution in [0.15, 0.2) is 67.1 Å². The number of rotatable bonds is 9. The van der Waals surface area contributed by atoms with Crippen LogP contribution < -0.4 is 15.0 Å². The van der Waals surface area contributed by atoms with Crippen molar-refractivity contribution in [2.45, 2.75) is 12.8 Å². The topological polar surface area (TPSA) is 67.3 Å². The normalized spacial score (nSPS) is 10.4. The second-order valence-corrected chi connectivity index (χ2v) is 6.79. The summed E-state index contributed by atoms with van der Waals surface area (Å²) in [5.74, 6) is 0.651. The average Bonchev–Trinajstić information content (AvgIpc) is 2.78. The van der Waals surface area contributed by atoms with E-state index in [1.807, 2.05) is 49.5 Å². The van der Waals surface area contributed by atoms with Gasteiger partial charge in [-0.2, -0.15) is 0 Å². The number of hydrogen-bond donors (Lipinski definition) is 1. The molecule has 0 radical (unpaired) electrons. The van der Waals surface area contributed by atoms with Gasteiger partial charge < -0.3 is 15.0 Å². The lowest BCUT2D eigenvalue weighted by molar-refractivity contribution is 0.0949. The van der Waals surface area contributed by atoms with Crippen LogP contribution in [0, 0.1) is 0 Å². The molecule has 3 rings (SSSR count). The molecule has 0 aliphatic carbocycles. The van der Waals surface area contributed by atoms with Crippen molar-refractivity contribution in [1.29, 1.82) is 0 Å². The Morgan fingerprint density at radius 3 is 2.62 bits per heavy atom. The number of hydrogen-bond acceptors (Lipinski definition) is 5. The zero-order valence-corrected chi connectivity index (χ0v) is 16.8. The molecule has 3 aromatic rings. The Bertz CT molecular complexity index is 914. The standard InChI is InChI=1S/C23H26N4O2/c1-27(15-11-18-8-12-24-13-9-18)20-6-7-22(26-17-20)23(28)25-14-10-19-4-3-5-21(16-19)29-2/h3-9,12-13,16-17H,10-11,14-15H2,1-2H3,(H,25,28). The number of aromatic nitrogens is 2. The summed E-state index contributed by atoms with van der Waals surface area (Å²) in [6.07, 6.45) is 7.00. The van der Waals surface area contributed by atoms with E-state index >= 15 is 0 Å². The first-order valence-electron chi connectivity index (χ1n) is 9.63. The number of likely N-dealkylation sites (N-methyl/N-ethyl adjacent to an activating group) is 1. The van der Waals surface area contributed by atoms with Crippen molar-refractivity contribution < 1.29 is 9.53 Å². The highest BCUT2D eigenvalue weighted by atomic mass is 16.5. The molecule has 2 aromatic heterocycles. The molecule has 1 N–H and O–H groups in total. The van der Waals surface area contributed by atoms with Crippen LogP contribution in [0.1, 0.15) is 21.6 Å². The molecular weight excluding hydrogens is 364 g/mol.